The molecular weight excluding hydrogens is 468 g/mol. The fourth-order valence-electron chi connectivity index (χ4n) is 6.47. The fraction of sp³-hybridized carbons (Fsp3) is 1.00. The monoisotopic (exact) mass is 549 g/mol. The Kier molecular flexibility index (Phi) is 34.2. The van der Waals surface area contributed by atoms with Gasteiger partial charge < -0.3 is 0 Å². The number of rotatable bonds is 34. The van der Waals surface area contributed by atoms with Crippen LogP contribution in [0.5, 0.6) is 0 Å². The molecule has 0 nitrogen and oxygen atoms in total. The first-order chi connectivity index (χ1) is 19.2. The lowest BCUT2D eigenvalue weighted by Gasteiger charge is -2.13. The zero-order chi connectivity index (χ0) is 28.5. The second-order valence-corrected chi connectivity index (χ2v) is 13.9. The summed E-state index contributed by atoms with van der Waals surface area (Å²) < 4.78 is 0. The summed E-state index contributed by atoms with van der Waals surface area (Å²) in [6.45, 7) is 9.64. The molecule has 0 aromatic rings. The Balaban J connectivity index is 3.22. The van der Waals surface area contributed by atoms with E-state index in [-0.39, 0.29) is 0 Å². The van der Waals surface area contributed by atoms with Crippen molar-refractivity contribution in [2.75, 3.05) is 0 Å². The predicted octanol–water partition coefficient (Wildman–Crippen LogP) is 15.2. The maximum atomic E-state index is 2.51. The van der Waals surface area contributed by atoms with E-state index in [0.29, 0.717) is 0 Å². The summed E-state index contributed by atoms with van der Waals surface area (Å²) in [6.07, 6.45) is 48.6. The molecule has 0 bridgehead atoms. The molecule has 0 aliphatic carbocycles. The lowest BCUT2D eigenvalue weighted by atomic mass is 9.93. The van der Waals surface area contributed by atoms with Gasteiger partial charge in [0.1, 0.15) is 0 Å². The van der Waals surface area contributed by atoms with Crippen LogP contribution in [0.4, 0.5) is 0 Å². The third kappa shape index (κ3) is 34.1. The zero-order valence-corrected chi connectivity index (χ0v) is 28.5. The molecule has 2 unspecified atom stereocenters. The summed E-state index contributed by atoms with van der Waals surface area (Å²) >= 11 is 0. The standard InChI is InChI=1S/C39H80/c1-5-7-9-11-13-15-16-17-18-19-20-21-22-23-24-26-28-31-35-39(4)37-33-29-32-36-38(3)34-30-27-25-14-12-10-8-6-2/h38-39H,5-37H2,1-4H3. The van der Waals surface area contributed by atoms with Gasteiger partial charge in [-0.2, -0.15) is 0 Å². The van der Waals surface area contributed by atoms with Crippen molar-refractivity contribution in [1.29, 1.82) is 0 Å². The van der Waals surface area contributed by atoms with Crippen molar-refractivity contribution in [2.24, 2.45) is 11.8 Å². The van der Waals surface area contributed by atoms with E-state index < -0.39 is 0 Å². The van der Waals surface area contributed by atoms with E-state index in [1.54, 1.807) is 0 Å². The number of hydrogen-bond donors (Lipinski definition) is 0. The summed E-state index contributed by atoms with van der Waals surface area (Å²) in [5, 5.41) is 0. The molecule has 236 valence electrons. The van der Waals surface area contributed by atoms with Crippen molar-refractivity contribution in [3.63, 3.8) is 0 Å². The molecule has 0 radical (unpaired) electrons. The maximum Gasteiger partial charge on any atom is -0.0443 e. The summed E-state index contributed by atoms with van der Waals surface area (Å²) in [6, 6.07) is 0. The molecule has 0 N–H and O–H groups in total. The van der Waals surface area contributed by atoms with Crippen LogP contribution in [-0.4, -0.2) is 0 Å². The van der Waals surface area contributed by atoms with Gasteiger partial charge in [-0.05, 0) is 11.8 Å². The van der Waals surface area contributed by atoms with Gasteiger partial charge in [-0.3, -0.25) is 0 Å². The summed E-state index contributed by atoms with van der Waals surface area (Å²) in [4.78, 5) is 0. The normalized spacial score (nSPS) is 13.2. The van der Waals surface area contributed by atoms with Gasteiger partial charge in [0.15, 0.2) is 0 Å². The highest BCUT2D eigenvalue weighted by molar-refractivity contribution is 4.59. The number of unbranched alkanes of at least 4 members (excludes halogenated alkanes) is 26. The highest BCUT2D eigenvalue weighted by atomic mass is 14.1. The van der Waals surface area contributed by atoms with E-state index in [9.17, 15) is 0 Å². The Morgan fingerprint density at radius 1 is 0.231 bits per heavy atom. The molecule has 0 heteroatoms. The average molecular weight is 549 g/mol. The summed E-state index contributed by atoms with van der Waals surface area (Å²) in [5.41, 5.74) is 0. The molecule has 0 amide bonds. The molecule has 0 rings (SSSR count). The minimum Gasteiger partial charge on any atom is -0.0654 e. The highest BCUT2D eigenvalue weighted by Gasteiger charge is 2.05. The summed E-state index contributed by atoms with van der Waals surface area (Å²) in [5.74, 6) is 1.92. The Labute approximate surface area is 251 Å². The van der Waals surface area contributed by atoms with Crippen LogP contribution >= 0.6 is 0 Å². The topological polar surface area (TPSA) is 0 Å². The zero-order valence-electron chi connectivity index (χ0n) is 28.5. The maximum absolute atomic E-state index is 2.51. The average Bonchev–Trinajstić information content (AvgIpc) is 2.93. The molecule has 0 heterocycles. The molecule has 0 aliphatic heterocycles. The van der Waals surface area contributed by atoms with Crippen LogP contribution in [0.3, 0.4) is 0 Å². The minimum atomic E-state index is 0.959. The van der Waals surface area contributed by atoms with Crippen LogP contribution in [0.2, 0.25) is 0 Å². The molecule has 0 spiro atoms. The van der Waals surface area contributed by atoms with Crippen molar-refractivity contribution in [3.05, 3.63) is 0 Å². The van der Waals surface area contributed by atoms with E-state index in [0.717, 1.165) is 11.8 Å². The predicted molar refractivity (Wildman–Crippen MR) is 182 cm³/mol. The molecule has 0 aliphatic rings. The van der Waals surface area contributed by atoms with Gasteiger partial charge in [0.25, 0.3) is 0 Å². The van der Waals surface area contributed by atoms with Crippen molar-refractivity contribution in [2.45, 2.75) is 240 Å². The Morgan fingerprint density at radius 2 is 0.385 bits per heavy atom. The van der Waals surface area contributed by atoms with Gasteiger partial charge in [0, 0.05) is 0 Å². The SMILES string of the molecule is CCCCCCCCCCCCCCCCCCCCC(C)CCCCCC(C)CCCCCCCCCC. The summed E-state index contributed by atoms with van der Waals surface area (Å²) in [7, 11) is 0. The second kappa shape index (κ2) is 34.2. The fourth-order valence-corrected chi connectivity index (χ4v) is 6.47. The van der Waals surface area contributed by atoms with E-state index in [1.165, 1.54) is 212 Å². The van der Waals surface area contributed by atoms with E-state index in [2.05, 4.69) is 27.7 Å². The molecule has 0 saturated carbocycles. The lowest BCUT2D eigenvalue weighted by molar-refractivity contribution is 0.407. The molecule has 39 heavy (non-hydrogen) atoms. The molecule has 0 aromatic carbocycles. The van der Waals surface area contributed by atoms with Crippen molar-refractivity contribution in [1.82, 2.24) is 0 Å². The van der Waals surface area contributed by atoms with Crippen LogP contribution in [0, 0.1) is 11.8 Å². The van der Waals surface area contributed by atoms with Crippen LogP contribution < -0.4 is 0 Å². The first-order valence-corrected chi connectivity index (χ1v) is 19.2. The van der Waals surface area contributed by atoms with Gasteiger partial charge in [-0.25, -0.2) is 0 Å². The van der Waals surface area contributed by atoms with E-state index in [4.69, 9.17) is 0 Å². The Hall–Kier alpha value is 0. The van der Waals surface area contributed by atoms with Crippen molar-refractivity contribution < 1.29 is 0 Å². The van der Waals surface area contributed by atoms with Gasteiger partial charge in [0.05, 0.1) is 0 Å². The van der Waals surface area contributed by atoms with Crippen LogP contribution in [0.1, 0.15) is 240 Å². The van der Waals surface area contributed by atoms with Gasteiger partial charge in [0.2, 0.25) is 0 Å². The smallest absolute Gasteiger partial charge is 0.0443 e. The van der Waals surface area contributed by atoms with Gasteiger partial charge >= 0.3 is 0 Å². The number of hydrogen-bond acceptors (Lipinski definition) is 0. The van der Waals surface area contributed by atoms with Crippen LogP contribution in [0.15, 0.2) is 0 Å². The second-order valence-electron chi connectivity index (χ2n) is 13.9. The van der Waals surface area contributed by atoms with Gasteiger partial charge in [-0.1, -0.05) is 240 Å². The Morgan fingerprint density at radius 3 is 0.590 bits per heavy atom. The molecule has 2 atom stereocenters. The van der Waals surface area contributed by atoms with E-state index in [1.807, 2.05) is 0 Å². The molecule has 0 aromatic heterocycles. The lowest BCUT2D eigenvalue weighted by Crippen LogP contribution is -1.97. The first-order valence-electron chi connectivity index (χ1n) is 19.2. The molecular formula is C39H80. The van der Waals surface area contributed by atoms with Crippen molar-refractivity contribution >= 4 is 0 Å². The van der Waals surface area contributed by atoms with Crippen LogP contribution in [0.25, 0.3) is 0 Å². The largest absolute Gasteiger partial charge is 0.0654 e. The van der Waals surface area contributed by atoms with Crippen LogP contribution in [-0.2, 0) is 0 Å². The molecule has 0 saturated heterocycles. The molecule has 0 fully saturated rings. The first kappa shape index (κ1) is 39.0. The van der Waals surface area contributed by atoms with Crippen molar-refractivity contribution in [3.8, 4) is 0 Å². The highest BCUT2D eigenvalue weighted by Crippen LogP contribution is 2.21. The third-order valence-corrected chi connectivity index (χ3v) is 9.49. The minimum absolute atomic E-state index is 0.959. The van der Waals surface area contributed by atoms with Gasteiger partial charge in [-0.15, -0.1) is 0 Å². The third-order valence-electron chi connectivity index (χ3n) is 9.49. The quantitative estimate of drug-likeness (QED) is 0.0701. The van der Waals surface area contributed by atoms with E-state index >= 15 is 0 Å². The Bertz CT molecular complexity index is 412.